The molecular formula is C13H20N2O3. The fraction of sp³-hybridized carbons (Fsp3) is 0.769. The van der Waals surface area contributed by atoms with Crippen LogP contribution in [0.25, 0.3) is 0 Å². The van der Waals surface area contributed by atoms with Crippen LogP contribution in [0.4, 0.5) is 0 Å². The Kier molecular flexibility index (Phi) is 4.87. The van der Waals surface area contributed by atoms with Crippen LogP contribution in [0, 0.1) is 5.92 Å². The summed E-state index contributed by atoms with van der Waals surface area (Å²) >= 11 is 0. The maximum absolute atomic E-state index is 11.7. The third-order valence-electron chi connectivity index (χ3n) is 3.29. The molecule has 1 atom stereocenters. The Hall–Kier alpha value is -1.23. The second-order valence-corrected chi connectivity index (χ2v) is 4.66. The molecule has 1 heterocycles. The highest BCUT2D eigenvalue weighted by Crippen LogP contribution is 2.23. The lowest BCUT2D eigenvalue weighted by Gasteiger charge is -2.18. The van der Waals surface area contributed by atoms with Gasteiger partial charge in [-0.15, -0.1) is 0 Å². The number of ketones is 1. The average Bonchev–Trinajstić information content (AvgIpc) is 2.80. The molecule has 1 aliphatic carbocycles. The highest BCUT2D eigenvalue weighted by Gasteiger charge is 2.24. The standard InChI is InChI=1S/C13H20N2O3/c1-2-17-8-7-12-14-13(18-15-12)9-10-5-3-4-6-11(10)16/h10H,2-9H2,1H3. The molecule has 18 heavy (non-hydrogen) atoms. The Morgan fingerprint density at radius 1 is 1.44 bits per heavy atom. The van der Waals surface area contributed by atoms with Gasteiger partial charge < -0.3 is 9.26 Å². The molecule has 1 aromatic rings. The van der Waals surface area contributed by atoms with Crippen LogP contribution in [0.5, 0.6) is 0 Å². The highest BCUT2D eigenvalue weighted by atomic mass is 16.5. The second kappa shape index (κ2) is 6.64. The minimum absolute atomic E-state index is 0.0824. The Morgan fingerprint density at radius 2 is 2.33 bits per heavy atom. The number of nitrogens with zero attached hydrogens (tertiary/aromatic N) is 2. The first-order valence-electron chi connectivity index (χ1n) is 6.71. The van der Waals surface area contributed by atoms with Crippen LogP contribution in [-0.2, 0) is 22.4 Å². The number of ether oxygens (including phenoxy) is 1. The van der Waals surface area contributed by atoms with E-state index in [9.17, 15) is 4.79 Å². The van der Waals surface area contributed by atoms with Crippen molar-refractivity contribution in [3.05, 3.63) is 11.7 Å². The molecule has 0 N–H and O–H groups in total. The van der Waals surface area contributed by atoms with E-state index in [1.165, 1.54) is 0 Å². The molecule has 0 radical (unpaired) electrons. The monoisotopic (exact) mass is 252 g/mol. The van der Waals surface area contributed by atoms with E-state index in [1.807, 2.05) is 6.92 Å². The molecule has 1 aromatic heterocycles. The van der Waals surface area contributed by atoms with Crippen molar-refractivity contribution in [1.29, 1.82) is 0 Å². The molecule has 0 spiro atoms. The van der Waals surface area contributed by atoms with Crippen molar-refractivity contribution in [2.24, 2.45) is 5.92 Å². The summed E-state index contributed by atoms with van der Waals surface area (Å²) in [5.41, 5.74) is 0. The van der Waals surface area contributed by atoms with Gasteiger partial charge in [0.15, 0.2) is 5.82 Å². The SMILES string of the molecule is CCOCCc1noc(CC2CCCCC2=O)n1. The van der Waals surface area contributed by atoms with Gasteiger partial charge in [0.05, 0.1) is 6.61 Å². The minimum atomic E-state index is 0.0824. The fourth-order valence-corrected chi connectivity index (χ4v) is 2.26. The van der Waals surface area contributed by atoms with E-state index in [2.05, 4.69) is 10.1 Å². The van der Waals surface area contributed by atoms with Gasteiger partial charge in [-0.2, -0.15) is 4.98 Å². The maximum atomic E-state index is 11.7. The molecule has 1 fully saturated rings. The van der Waals surface area contributed by atoms with Crippen molar-refractivity contribution in [2.45, 2.75) is 45.4 Å². The van der Waals surface area contributed by atoms with E-state index < -0.39 is 0 Å². The van der Waals surface area contributed by atoms with E-state index >= 15 is 0 Å². The Labute approximate surface area is 107 Å². The molecule has 0 saturated heterocycles. The number of aromatic nitrogens is 2. The van der Waals surface area contributed by atoms with E-state index in [0.29, 0.717) is 50.0 Å². The van der Waals surface area contributed by atoms with Crippen molar-refractivity contribution in [2.75, 3.05) is 13.2 Å². The lowest BCUT2D eigenvalue weighted by atomic mass is 9.86. The van der Waals surface area contributed by atoms with Crippen molar-refractivity contribution < 1.29 is 14.1 Å². The summed E-state index contributed by atoms with van der Waals surface area (Å²) in [5, 5.41) is 3.90. The molecule has 0 aliphatic heterocycles. The lowest BCUT2D eigenvalue weighted by molar-refractivity contribution is -0.124. The first-order valence-corrected chi connectivity index (χ1v) is 6.71. The molecule has 5 nitrogen and oxygen atoms in total. The van der Waals surface area contributed by atoms with Gasteiger partial charge in [-0.1, -0.05) is 11.6 Å². The van der Waals surface area contributed by atoms with Crippen LogP contribution < -0.4 is 0 Å². The summed E-state index contributed by atoms with van der Waals surface area (Å²) in [4.78, 5) is 16.0. The summed E-state index contributed by atoms with van der Waals surface area (Å²) in [6.07, 6.45) is 5.07. The highest BCUT2D eigenvalue weighted by molar-refractivity contribution is 5.81. The van der Waals surface area contributed by atoms with Gasteiger partial charge in [0.2, 0.25) is 5.89 Å². The molecule has 1 unspecified atom stereocenters. The summed E-state index contributed by atoms with van der Waals surface area (Å²) in [6.45, 7) is 3.26. The normalized spacial score (nSPS) is 20.3. The van der Waals surface area contributed by atoms with Crippen LogP contribution in [-0.4, -0.2) is 29.1 Å². The van der Waals surface area contributed by atoms with Crippen molar-refractivity contribution in [1.82, 2.24) is 10.1 Å². The lowest BCUT2D eigenvalue weighted by Crippen LogP contribution is -2.21. The van der Waals surface area contributed by atoms with Crippen LogP contribution >= 0.6 is 0 Å². The second-order valence-electron chi connectivity index (χ2n) is 4.66. The van der Waals surface area contributed by atoms with Gasteiger partial charge in [-0.25, -0.2) is 0 Å². The van der Waals surface area contributed by atoms with Crippen molar-refractivity contribution in [3.63, 3.8) is 0 Å². The van der Waals surface area contributed by atoms with Crippen LogP contribution in [0.2, 0.25) is 0 Å². The van der Waals surface area contributed by atoms with E-state index in [0.717, 1.165) is 19.3 Å². The Morgan fingerprint density at radius 3 is 3.11 bits per heavy atom. The number of rotatable bonds is 6. The minimum Gasteiger partial charge on any atom is -0.381 e. The number of hydrogen-bond acceptors (Lipinski definition) is 5. The van der Waals surface area contributed by atoms with Crippen LogP contribution in [0.1, 0.15) is 44.3 Å². The molecule has 0 aromatic carbocycles. The van der Waals surface area contributed by atoms with E-state index in [-0.39, 0.29) is 5.92 Å². The van der Waals surface area contributed by atoms with Gasteiger partial charge in [-0.05, 0) is 19.8 Å². The predicted octanol–water partition coefficient (Wildman–Crippen LogP) is 1.95. The van der Waals surface area contributed by atoms with Gasteiger partial charge in [0.1, 0.15) is 5.78 Å². The topological polar surface area (TPSA) is 65.2 Å². The first-order chi connectivity index (χ1) is 8.79. The zero-order valence-corrected chi connectivity index (χ0v) is 10.9. The first kappa shape index (κ1) is 13.2. The van der Waals surface area contributed by atoms with Crippen LogP contribution in [0.3, 0.4) is 0 Å². The number of hydrogen-bond donors (Lipinski definition) is 0. The van der Waals surface area contributed by atoms with Crippen LogP contribution in [0.15, 0.2) is 4.52 Å². The summed E-state index contributed by atoms with van der Waals surface area (Å²) in [6, 6.07) is 0. The zero-order chi connectivity index (χ0) is 12.8. The van der Waals surface area contributed by atoms with Crippen molar-refractivity contribution in [3.8, 4) is 0 Å². The quantitative estimate of drug-likeness (QED) is 0.724. The van der Waals surface area contributed by atoms with Gasteiger partial charge in [-0.3, -0.25) is 4.79 Å². The summed E-state index contributed by atoms with van der Waals surface area (Å²) in [7, 11) is 0. The molecule has 2 rings (SSSR count). The average molecular weight is 252 g/mol. The Bertz CT molecular complexity index is 389. The molecule has 0 bridgehead atoms. The molecular weight excluding hydrogens is 232 g/mol. The third-order valence-corrected chi connectivity index (χ3v) is 3.29. The predicted molar refractivity (Wildman–Crippen MR) is 65.2 cm³/mol. The number of carbonyl (C=O) groups is 1. The van der Waals surface area contributed by atoms with Gasteiger partial charge in [0.25, 0.3) is 0 Å². The van der Waals surface area contributed by atoms with Gasteiger partial charge >= 0.3 is 0 Å². The molecule has 100 valence electrons. The number of carbonyl (C=O) groups excluding carboxylic acids is 1. The smallest absolute Gasteiger partial charge is 0.227 e. The maximum Gasteiger partial charge on any atom is 0.227 e. The van der Waals surface area contributed by atoms with E-state index in [1.54, 1.807) is 0 Å². The molecule has 1 saturated carbocycles. The summed E-state index contributed by atoms with van der Waals surface area (Å²) < 4.78 is 10.4. The third kappa shape index (κ3) is 3.63. The number of Topliss-reactive ketones (excluding diaryl/α,β-unsaturated/α-hetero) is 1. The van der Waals surface area contributed by atoms with Gasteiger partial charge in [0, 0.05) is 31.8 Å². The molecule has 5 heteroatoms. The van der Waals surface area contributed by atoms with E-state index in [4.69, 9.17) is 9.26 Å². The van der Waals surface area contributed by atoms with Crippen molar-refractivity contribution >= 4 is 5.78 Å². The summed E-state index contributed by atoms with van der Waals surface area (Å²) in [5.74, 6) is 1.68. The fourth-order valence-electron chi connectivity index (χ4n) is 2.26. The molecule has 1 aliphatic rings. The largest absolute Gasteiger partial charge is 0.381 e. The molecule has 0 amide bonds. The zero-order valence-electron chi connectivity index (χ0n) is 10.9. The Balaban J connectivity index is 1.83.